The Hall–Kier alpha value is -1.58. The van der Waals surface area contributed by atoms with E-state index in [0.717, 1.165) is 0 Å². The van der Waals surface area contributed by atoms with Crippen LogP contribution in [0.4, 0.5) is 0 Å². The van der Waals surface area contributed by atoms with Crippen molar-refractivity contribution in [3.63, 3.8) is 0 Å². The minimum atomic E-state index is 0.374. The van der Waals surface area contributed by atoms with Crippen molar-refractivity contribution < 1.29 is 9.57 Å². The first-order chi connectivity index (χ1) is 5.36. The Morgan fingerprint density at radius 1 is 1.36 bits per heavy atom. The highest BCUT2D eigenvalue weighted by Crippen LogP contribution is 2.18. The maximum atomic E-state index is 9.66. The Kier molecular flexibility index (Phi) is 2.43. The minimum absolute atomic E-state index is 0.374. The summed E-state index contributed by atoms with van der Waals surface area (Å²) in [5.41, 5.74) is 0. The van der Waals surface area contributed by atoms with E-state index in [1.807, 2.05) is 0 Å². The lowest BCUT2D eigenvalue weighted by atomic mass is 10.3. The van der Waals surface area contributed by atoms with E-state index in [1.54, 1.807) is 24.3 Å². The quantitative estimate of drug-likeness (QED) is 0.491. The summed E-state index contributed by atoms with van der Waals surface area (Å²) in [7, 11) is 1.54. The fourth-order valence-electron chi connectivity index (χ4n) is 0.701. The van der Waals surface area contributed by atoms with Crippen molar-refractivity contribution in [3.05, 3.63) is 29.2 Å². The highest BCUT2D eigenvalue weighted by atomic mass is 16.7. The van der Waals surface area contributed by atoms with Crippen LogP contribution in [0.15, 0.2) is 29.6 Å². The fraction of sp³-hybridized carbons (Fsp3) is 0.143. The molecule has 58 valence electrons. The fourth-order valence-corrected chi connectivity index (χ4v) is 0.701. The first-order valence-electron chi connectivity index (χ1n) is 3.00. The van der Waals surface area contributed by atoms with Crippen LogP contribution in [0.25, 0.3) is 0 Å². The van der Waals surface area contributed by atoms with Crippen molar-refractivity contribution in [2.24, 2.45) is 5.34 Å². The Labute approximate surface area is 63.7 Å². The SMILES string of the molecule is COc1cccc(ON=O)c1. The van der Waals surface area contributed by atoms with Gasteiger partial charge in [0.2, 0.25) is 0 Å². The number of rotatable bonds is 3. The topological polar surface area (TPSA) is 47.9 Å². The molecule has 1 aromatic rings. The summed E-state index contributed by atoms with van der Waals surface area (Å²) < 4.78 is 4.88. The summed E-state index contributed by atoms with van der Waals surface area (Å²) in [5.74, 6) is 1.01. The Morgan fingerprint density at radius 2 is 2.09 bits per heavy atom. The van der Waals surface area contributed by atoms with E-state index in [9.17, 15) is 4.91 Å². The maximum Gasteiger partial charge on any atom is 0.165 e. The number of hydrogen-bond acceptors (Lipinski definition) is 4. The van der Waals surface area contributed by atoms with Crippen LogP contribution in [0, 0.1) is 4.91 Å². The molecule has 1 rings (SSSR count). The van der Waals surface area contributed by atoms with Crippen molar-refractivity contribution in [2.75, 3.05) is 7.11 Å². The van der Waals surface area contributed by atoms with Gasteiger partial charge in [-0.2, -0.15) is 0 Å². The molecule has 11 heavy (non-hydrogen) atoms. The largest absolute Gasteiger partial charge is 0.497 e. The molecule has 0 atom stereocenters. The third-order valence-corrected chi connectivity index (χ3v) is 1.18. The van der Waals surface area contributed by atoms with Crippen molar-refractivity contribution in [1.29, 1.82) is 0 Å². The summed E-state index contributed by atoms with van der Waals surface area (Å²) >= 11 is 0. The molecular formula is C7H7NO3. The van der Waals surface area contributed by atoms with Crippen LogP contribution >= 0.6 is 0 Å². The molecule has 1 aromatic carbocycles. The average Bonchev–Trinajstić information content (AvgIpc) is 2.06. The molecule has 0 aromatic heterocycles. The van der Waals surface area contributed by atoms with Gasteiger partial charge >= 0.3 is 0 Å². The summed E-state index contributed by atoms with van der Waals surface area (Å²) in [4.78, 5) is 14.0. The van der Waals surface area contributed by atoms with Crippen molar-refractivity contribution >= 4 is 0 Å². The Bertz CT molecular complexity index is 249. The van der Waals surface area contributed by atoms with E-state index in [-0.39, 0.29) is 0 Å². The highest BCUT2D eigenvalue weighted by Gasteiger charge is 1.94. The zero-order valence-corrected chi connectivity index (χ0v) is 5.98. The molecule has 0 aliphatic carbocycles. The Balaban J connectivity index is 2.82. The molecule has 0 spiro atoms. The normalized spacial score (nSPS) is 8.82. The van der Waals surface area contributed by atoms with E-state index in [2.05, 4.69) is 10.2 Å². The molecule has 0 bridgehead atoms. The molecule has 4 nitrogen and oxygen atoms in total. The van der Waals surface area contributed by atoms with E-state index in [0.29, 0.717) is 11.5 Å². The van der Waals surface area contributed by atoms with Crippen molar-refractivity contribution in [2.45, 2.75) is 0 Å². The standard InChI is InChI=1S/C7H7NO3/c1-10-6-3-2-4-7(5-6)11-8-9/h2-5H,1H3. The molecular weight excluding hydrogens is 146 g/mol. The van der Waals surface area contributed by atoms with Gasteiger partial charge < -0.3 is 9.57 Å². The number of methoxy groups -OCH3 is 1. The van der Waals surface area contributed by atoms with Crippen LogP contribution in [0.2, 0.25) is 0 Å². The van der Waals surface area contributed by atoms with Crippen LogP contribution in [0.5, 0.6) is 11.5 Å². The third kappa shape index (κ3) is 1.93. The molecule has 0 saturated heterocycles. The Morgan fingerprint density at radius 3 is 2.73 bits per heavy atom. The summed E-state index contributed by atoms with van der Waals surface area (Å²) in [5, 5.41) is 2.28. The van der Waals surface area contributed by atoms with Gasteiger partial charge in [0.1, 0.15) is 5.75 Å². The van der Waals surface area contributed by atoms with E-state index < -0.39 is 0 Å². The summed E-state index contributed by atoms with van der Waals surface area (Å²) in [6.45, 7) is 0. The minimum Gasteiger partial charge on any atom is -0.497 e. The first-order valence-corrected chi connectivity index (χ1v) is 3.00. The van der Waals surface area contributed by atoms with Gasteiger partial charge in [0.25, 0.3) is 0 Å². The van der Waals surface area contributed by atoms with Crippen molar-refractivity contribution in [1.82, 2.24) is 0 Å². The third-order valence-electron chi connectivity index (χ3n) is 1.18. The lowest BCUT2D eigenvalue weighted by Gasteiger charge is -1.99. The number of ether oxygens (including phenoxy) is 1. The molecule has 0 amide bonds. The molecule has 0 fully saturated rings. The summed E-state index contributed by atoms with van der Waals surface area (Å²) in [6.07, 6.45) is 0. The van der Waals surface area contributed by atoms with Gasteiger partial charge in [-0.3, -0.25) is 0 Å². The van der Waals surface area contributed by atoms with Gasteiger partial charge in [-0.15, -0.1) is 4.91 Å². The molecule has 0 unspecified atom stereocenters. The van der Waals surface area contributed by atoms with Gasteiger partial charge in [0.15, 0.2) is 11.1 Å². The van der Waals surface area contributed by atoms with E-state index >= 15 is 0 Å². The smallest absolute Gasteiger partial charge is 0.165 e. The molecule has 4 heteroatoms. The molecule has 0 radical (unpaired) electrons. The maximum absolute atomic E-state index is 9.66. The molecule has 0 aliphatic heterocycles. The van der Waals surface area contributed by atoms with Crippen LogP contribution in [0.1, 0.15) is 0 Å². The second-order valence-corrected chi connectivity index (χ2v) is 1.84. The summed E-state index contributed by atoms with van der Waals surface area (Å²) in [6, 6.07) is 6.64. The molecule has 0 N–H and O–H groups in total. The van der Waals surface area contributed by atoms with Gasteiger partial charge in [-0.05, 0) is 12.1 Å². The second-order valence-electron chi connectivity index (χ2n) is 1.84. The lowest BCUT2D eigenvalue weighted by molar-refractivity contribution is 0.331. The molecule has 0 aliphatic rings. The van der Waals surface area contributed by atoms with E-state index in [1.165, 1.54) is 7.11 Å². The highest BCUT2D eigenvalue weighted by molar-refractivity contribution is 5.32. The van der Waals surface area contributed by atoms with Gasteiger partial charge in [-0.1, -0.05) is 6.07 Å². The number of hydrogen-bond donors (Lipinski definition) is 0. The average molecular weight is 153 g/mol. The predicted molar refractivity (Wildman–Crippen MR) is 39.4 cm³/mol. The number of benzene rings is 1. The van der Waals surface area contributed by atoms with Crippen LogP contribution in [0.3, 0.4) is 0 Å². The van der Waals surface area contributed by atoms with Crippen molar-refractivity contribution in [3.8, 4) is 11.5 Å². The monoisotopic (exact) mass is 153 g/mol. The van der Waals surface area contributed by atoms with E-state index in [4.69, 9.17) is 4.74 Å². The zero-order valence-electron chi connectivity index (χ0n) is 5.98. The molecule has 0 heterocycles. The molecule has 0 saturated carbocycles. The first kappa shape index (κ1) is 7.53. The van der Waals surface area contributed by atoms with Crippen LogP contribution in [-0.2, 0) is 0 Å². The lowest BCUT2D eigenvalue weighted by Crippen LogP contribution is -1.84. The number of nitrogens with zero attached hydrogens (tertiary/aromatic N) is 1. The second kappa shape index (κ2) is 3.55. The van der Waals surface area contributed by atoms with Crippen LogP contribution < -0.4 is 9.57 Å². The van der Waals surface area contributed by atoms with Crippen LogP contribution in [-0.4, -0.2) is 7.11 Å². The van der Waals surface area contributed by atoms with Gasteiger partial charge in [-0.25, -0.2) is 0 Å². The van der Waals surface area contributed by atoms with Gasteiger partial charge in [0.05, 0.1) is 7.11 Å². The van der Waals surface area contributed by atoms with Gasteiger partial charge in [0, 0.05) is 6.07 Å². The zero-order chi connectivity index (χ0) is 8.10. The predicted octanol–water partition coefficient (Wildman–Crippen LogP) is 1.76.